The second-order valence-corrected chi connectivity index (χ2v) is 7.39. The van der Waals surface area contributed by atoms with Crippen molar-refractivity contribution in [2.75, 3.05) is 11.9 Å². The molecule has 3 aromatic rings. The SMILES string of the molecule is CC(Nc1nc(C(=O)N2CCC2C)c2sccc2n1)c1cncc(F)c1. The average molecular weight is 371 g/mol. The van der Waals surface area contributed by atoms with Crippen LogP contribution >= 0.6 is 11.3 Å². The van der Waals surface area contributed by atoms with E-state index >= 15 is 0 Å². The van der Waals surface area contributed by atoms with E-state index in [2.05, 4.69) is 20.3 Å². The summed E-state index contributed by atoms with van der Waals surface area (Å²) in [7, 11) is 0. The van der Waals surface area contributed by atoms with Crippen LogP contribution in [0, 0.1) is 5.82 Å². The van der Waals surface area contributed by atoms with Crippen LogP contribution in [0.3, 0.4) is 0 Å². The van der Waals surface area contributed by atoms with Gasteiger partial charge in [0.25, 0.3) is 5.91 Å². The van der Waals surface area contributed by atoms with Crippen LogP contribution in [0.2, 0.25) is 0 Å². The van der Waals surface area contributed by atoms with Crippen LogP contribution in [-0.4, -0.2) is 38.3 Å². The number of nitrogens with zero attached hydrogens (tertiary/aromatic N) is 4. The van der Waals surface area contributed by atoms with Gasteiger partial charge in [0, 0.05) is 18.8 Å². The molecular weight excluding hydrogens is 353 g/mol. The third kappa shape index (κ3) is 3.01. The van der Waals surface area contributed by atoms with Gasteiger partial charge in [-0.05, 0) is 43.3 Å². The lowest BCUT2D eigenvalue weighted by Crippen LogP contribution is -2.49. The normalized spacial score (nSPS) is 17.8. The van der Waals surface area contributed by atoms with E-state index in [4.69, 9.17) is 0 Å². The van der Waals surface area contributed by atoms with Gasteiger partial charge in [0.1, 0.15) is 5.82 Å². The predicted octanol–water partition coefficient (Wildman–Crippen LogP) is 3.63. The van der Waals surface area contributed by atoms with Gasteiger partial charge in [0.05, 0.1) is 22.5 Å². The van der Waals surface area contributed by atoms with Gasteiger partial charge in [0.15, 0.2) is 5.69 Å². The Balaban J connectivity index is 1.66. The lowest BCUT2D eigenvalue weighted by Gasteiger charge is -2.38. The maximum absolute atomic E-state index is 13.4. The Labute approximate surface area is 154 Å². The molecule has 3 aromatic heterocycles. The first-order valence-electron chi connectivity index (χ1n) is 8.46. The highest BCUT2D eigenvalue weighted by atomic mass is 32.1. The van der Waals surface area contributed by atoms with Crippen LogP contribution < -0.4 is 5.32 Å². The number of hydrogen-bond acceptors (Lipinski definition) is 6. The summed E-state index contributed by atoms with van der Waals surface area (Å²) in [6.45, 7) is 4.66. The molecule has 6 nitrogen and oxygen atoms in total. The van der Waals surface area contributed by atoms with Crippen LogP contribution in [0.25, 0.3) is 10.2 Å². The number of anilines is 1. The molecule has 2 unspecified atom stereocenters. The fraction of sp³-hybridized carbons (Fsp3) is 0.333. The highest BCUT2D eigenvalue weighted by Crippen LogP contribution is 2.28. The van der Waals surface area contributed by atoms with Crippen LogP contribution in [0.5, 0.6) is 0 Å². The summed E-state index contributed by atoms with van der Waals surface area (Å²) in [5.41, 5.74) is 1.83. The van der Waals surface area contributed by atoms with E-state index < -0.39 is 5.82 Å². The number of amides is 1. The van der Waals surface area contributed by atoms with Gasteiger partial charge >= 0.3 is 0 Å². The maximum Gasteiger partial charge on any atom is 0.274 e. The monoisotopic (exact) mass is 371 g/mol. The minimum Gasteiger partial charge on any atom is -0.348 e. The number of halogens is 1. The first-order valence-corrected chi connectivity index (χ1v) is 9.34. The summed E-state index contributed by atoms with van der Waals surface area (Å²) in [6, 6.07) is 3.28. The average Bonchev–Trinajstić information content (AvgIpc) is 3.08. The first kappa shape index (κ1) is 16.8. The van der Waals surface area contributed by atoms with Gasteiger partial charge in [-0.2, -0.15) is 0 Å². The fourth-order valence-electron chi connectivity index (χ4n) is 2.97. The molecule has 0 saturated carbocycles. The van der Waals surface area contributed by atoms with Crippen molar-refractivity contribution in [3.05, 3.63) is 47.0 Å². The maximum atomic E-state index is 13.4. The van der Waals surface area contributed by atoms with Gasteiger partial charge < -0.3 is 10.2 Å². The zero-order chi connectivity index (χ0) is 18.3. The molecule has 2 atom stereocenters. The summed E-state index contributed by atoms with van der Waals surface area (Å²) < 4.78 is 14.2. The van der Waals surface area contributed by atoms with Crippen molar-refractivity contribution in [1.82, 2.24) is 19.9 Å². The third-order valence-corrected chi connectivity index (χ3v) is 5.57. The number of fused-ring (bicyclic) bond motifs is 1. The van der Waals surface area contributed by atoms with Crippen molar-refractivity contribution in [1.29, 1.82) is 0 Å². The summed E-state index contributed by atoms with van der Waals surface area (Å²) in [5.74, 6) is -0.112. The molecule has 1 aliphatic rings. The van der Waals surface area contributed by atoms with Crippen LogP contribution in [0.4, 0.5) is 10.3 Å². The van der Waals surface area contributed by atoms with Crippen molar-refractivity contribution in [2.24, 2.45) is 0 Å². The minimum absolute atomic E-state index is 0.0678. The fourth-order valence-corrected chi connectivity index (χ4v) is 3.78. The number of pyridine rings is 1. The molecule has 4 heterocycles. The van der Waals surface area contributed by atoms with E-state index in [0.717, 1.165) is 29.4 Å². The van der Waals surface area contributed by atoms with Crippen molar-refractivity contribution < 1.29 is 9.18 Å². The van der Waals surface area contributed by atoms with E-state index in [1.54, 1.807) is 6.20 Å². The third-order valence-electron chi connectivity index (χ3n) is 4.66. The van der Waals surface area contributed by atoms with E-state index in [1.807, 2.05) is 30.2 Å². The zero-order valence-corrected chi connectivity index (χ0v) is 15.3. The smallest absolute Gasteiger partial charge is 0.274 e. The molecule has 8 heteroatoms. The number of likely N-dealkylation sites (tertiary alicyclic amines) is 1. The van der Waals surface area contributed by atoms with Crippen LogP contribution in [0.15, 0.2) is 29.9 Å². The van der Waals surface area contributed by atoms with Gasteiger partial charge in [-0.1, -0.05) is 0 Å². The van der Waals surface area contributed by atoms with Crippen LogP contribution in [-0.2, 0) is 0 Å². The standard InChI is InChI=1S/C18H18FN5OS/c1-10-3-5-24(10)17(25)15-16-14(4-6-26-16)22-18(23-15)21-11(2)12-7-13(19)9-20-8-12/h4,6-11H,3,5H2,1-2H3,(H,21,22,23). The van der Waals surface area contributed by atoms with Crippen molar-refractivity contribution in [2.45, 2.75) is 32.4 Å². The highest BCUT2D eigenvalue weighted by molar-refractivity contribution is 7.17. The molecule has 0 spiro atoms. The number of aromatic nitrogens is 3. The van der Waals surface area contributed by atoms with Crippen LogP contribution in [0.1, 0.15) is 42.4 Å². The van der Waals surface area contributed by atoms with Gasteiger partial charge in [-0.15, -0.1) is 11.3 Å². The molecule has 0 aromatic carbocycles. The number of carbonyl (C=O) groups excluding carboxylic acids is 1. The Morgan fingerprint density at radius 3 is 2.96 bits per heavy atom. The largest absolute Gasteiger partial charge is 0.348 e. The van der Waals surface area contributed by atoms with Crippen molar-refractivity contribution in [3.8, 4) is 0 Å². The molecule has 0 radical (unpaired) electrons. The molecule has 0 aliphatic carbocycles. The number of carbonyl (C=O) groups is 1. The summed E-state index contributed by atoms with van der Waals surface area (Å²) in [6.07, 6.45) is 3.77. The van der Waals surface area contributed by atoms with Gasteiger partial charge in [0.2, 0.25) is 5.95 Å². The Bertz CT molecular complexity index is 975. The number of thiophene rings is 1. The molecule has 1 N–H and O–H groups in total. The molecule has 1 aliphatic heterocycles. The Morgan fingerprint density at radius 2 is 2.27 bits per heavy atom. The quantitative estimate of drug-likeness (QED) is 0.758. The number of rotatable bonds is 4. The van der Waals surface area contributed by atoms with Gasteiger partial charge in [-0.3, -0.25) is 9.78 Å². The lowest BCUT2D eigenvalue weighted by atomic mass is 10.0. The molecule has 26 heavy (non-hydrogen) atoms. The minimum atomic E-state index is -0.395. The van der Waals surface area contributed by atoms with E-state index in [1.165, 1.54) is 17.4 Å². The lowest BCUT2D eigenvalue weighted by molar-refractivity contribution is 0.0498. The second-order valence-electron chi connectivity index (χ2n) is 6.47. The van der Waals surface area contributed by atoms with E-state index in [0.29, 0.717) is 17.2 Å². The predicted molar refractivity (Wildman–Crippen MR) is 98.8 cm³/mol. The van der Waals surface area contributed by atoms with Crippen molar-refractivity contribution >= 4 is 33.4 Å². The first-order chi connectivity index (χ1) is 12.5. The van der Waals surface area contributed by atoms with E-state index in [-0.39, 0.29) is 18.0 Å². The van der Waals surface area contributed by atoms with Gasteiger partial charge in [-0.25, -0.2) is 14.4 Å². The molecule has 1 saturated heterocycles. The highest BCUT2D eigenvalue weighted by Gasteiger charge is 2.31. The number of hydrogen-bond donors (Lipinski definition) is 1. The Morgan fingerprint density at radius 1 is 1.42 bits per heavy atom. The Hall–Kier alpha value is -2.61. The molecule has 134 valence electrons. The molecule has 4 rings (SSSR count). The summed E-state index contributed by atoms with van der Waals surface area (Å²) in [4.78, 5) is 27.5. The molecule has 1 fully saturated rings. The number of nitrogens with one attached hydrogen (secondary N) is 1. The van der Waals surface area contributed by atoms with Crippen molar-refractivity contribution in [3.63, 3.8) is 0 Å². The Kier molecular flexibility index (Phi) is 4.28. The molecular formula is C18H18FN5OS. The molecule has 0 bridgehead atoms. The second kappa shape index (κ2) is 6.60. The summed E-state index contributed by atoms with van der Waals surface area (Å²) in [5, 5.41) is 5.06. The molecule has 1 amide bonds. The van der Waals surface area contributed by atoms with E-state index in [9.17, 15) is 9.18 Å². The zero-order valence-electron chi connectivity index (χ0n) is 14.4. The summed E-state index contributed by atoms with van der Waals surface area (Å²) >= 11 is 1.46. The topological polar surface area (TPSA) is 71.0 Å².